The molecule has 1 aliphatic heterocycles. The van der Waals surface area contributed by atoms with Crippen LogP contribution in [0.4, 0.5) is 0 Å². The SMILES string of the molecule is CCCO[C@@H]1C[C@H](n2cc(C#CCN)c(=O)[nH]c2=O)OC1COP(=O)(O)OP(=O)(O)OP(=O)(O)O. The maximum Gasteiger partial charge on any atom is 0.490 e. The number of hydrogen-bond donors (Lipinski definition) is 6. The lowest BCUT2D eigenvalue weighted by atomic mass is 10.2. The Morgan fingerprint density at radius 1 is 1.20 bits per heavy atom. The highest BCUT2D eigenvalue weighted by Crippen LogP contribution is 2.66. The van der Waals surface area contributed by atoms with Crippen LogP contribution in [-0.4, -0.2) is 61.1 Å². The van der Waals surface area contributed by atoms with Crippen LogP contribution in [0.5, 0.6) is 0 Å². The number of H-pyrrole nitrogens is 1. The number of nitrogens with one attached hydrogen (secondary N) is 1. The monoisotopic (exact) mass is 563 g/mol. The van der Waals surface area contributed by atoms with Crippen LogP contribution in [0.3, 0.4) is 0 Å². The van der Waals surface area contributed by atoms with Gasteiger partial charge in [-0.25, -0.2) is 18.5 Å². The molecule has 1 aliphatic rings. The number of nitrogens with zero attached hydrogens (tertiary/aromatic N) is 1. The number of aromatic nitrogens is 2. The van der Waals surface area contributed by atoms with E-state index in [4.69, 9.17) is 25.0 Å². The van der Waals surface area contributed by atoms with Gasteiger partial charge in [-0.1, -0.05) is 18.8 Å². The van der Waals surface area contributed by atoms with Crippen molar-refractivity contribution in [3.63, 3.8) is 0 Å². The molecule has 0 bridgehead atoms. The van der Waals surface area contributed by atoms with Crippen LogP contribution in [0.25, 0.3) is 0 Å². The smallest absolute Gasteiger partial charge is 0.375 e. The Morgan fingerprint density at radius 2 is 1.89 bits per heavy atom. The highest BCUT2D eigenvalue weighted by molar-refractivity contribution is 7.66. The molecule has 0 spiro atoms. The molecule has 3 unspecified atom stereocenters. The van der Waals surface area contributed by atoms with E-state index in [9.17, 15) is 33.1 Å². The number of aromatic amines is 1. The van der Waals surface area contributed by atoms with Crippen molar-refractivity contribution < 1.29 is 55.9 Å². The molecule has 0 saturated carbocycles. The van der Waals surface area contributed by atoms with Crippen molar-refractivity contribution in [2.75, 3.05) is 19.8 Å². The molecule has 0 aromatic carbocycles. The van der Waals surface area contributed by atoms with Gasteiger partial charge < -0.3 is 34.8 Å². The highest BCUT2D eigenvalue weighted by Gasteiger charge is 2.43. The van der Waals surface area contributed by atoms with E-state index in [-0.39, 0.29) is 25.1 Å². The molecule has 1 saturated heterocycles. The summed E-state index contributed by atoms with van der Waals surface area (Å²) in [6, 6.07) is 0. The predicted molar refractivity (Wildman–Crippen MR) is 116 cm³/mol. The van der Waals surface area contributed by atoms with Crippen LogP contribution in [-0.2, 0) is 36.3 Å². The molecule has 198 valence electrons. The van der Waals surface area contributed by atoms with Crippen LogP contribution in [0.1, 0.15) is 31.6 Å². The largest absolute Gasteiger partial charge is 0.490 e. The van der Waals surface area contributed by atoms with E-state index < -0.39 is 59.8 Å². The van der Waals surface area contributed by atoms with Crippen molar-refractivity contribution in [2.45, 2.75) is 38.2 Å². The zero-order valence-electron chi connectivity index (χ0n) is 18.1. The van der Waals surface area contributed by atoms with Crippen molar-refractivity contribution in [1.29, 1.82) is 0 Å². The minimum absolute atomic E-state index is 0.0279. The minimum atomic E-state index is -5.69. The molecular formula is C15H24N3O14P3. The molecule has 7 N–H and O–H groups in total. The second-order valence-corrected chi connectivity index (χ2v) is 11.3. The Morgan fingerprint density at radius 3 is 2.49 bits per heavy atom. The Kier molecular flexibility index (Phi) is 10.4. The summed E-state index contributed by atoms with van der Waals surface area (Å²) >= 11 is 0. The molecule has 0 aliphatic carbocycles. The van der Waals surface area contributed by atoms with Crippen molar-refractivity contribution >= 4 is 23.5 Å². The molecular weight excluding hydrogens is 539 g/mol. The van der Waals surface area contributed by atoms with E-state index in [0.29, 0.717) is 6.42 Å². The van der Waals surface area contributed by atoms with Gasteiger partial charge in [0.05, 0.1) is 19.3 Å². The van der Waals surface area contributed by atoms with E-state index in [0.717, 1.165) is 10.8 Å². The molecule has 17 nitrogen and oxygen atoms in total. The van der Waals surface area contributed by atoms with Gasteiger partial charge in [0.25, 0.3) is 5.56 Å². The van der Waals surface area contributed by atoms with Gasteiger partial charge in [0.2, 0.25) is 0 Å². The molecule has 0 amide bonds. The van der Waals surface area contributed by atoms with Gasteiger partial charge in [-0.3, -0.25) is 18.9 Å². The normalized spacial score (nSPS) is 23.8. The lowest BCUT2D eigenvalue weighted by Gasteiger charge is -2.21. The molecule has 2 heterocycles. The first-order valence-corrected chi connectivity index (χ1v) is 14.3. The van der Waals surface area contributed by atoms with E-state index >= 15 is 0 Å². The average molecular weight is 563 g/mol. The lowest BCUT2D eigenvalue weighted by molar-refractivity contribution is -0.0609. The van der Waals surface area contributed by atoms with Crippen molar-refractivity contribution in [1.82, 2.24) is 9.55 Å². The van der Waals surface area contributed by atoms with Gasteiger partial charge in [-0.2, -0.15) is 8.62 Å². The summed E-state index contributed by atoms with van der Waals surface area (Å²) in [5, 5.41) is 0. The van der Waals surface area contributed by atoms with Crippen molar-refractivity contribution in [3.05, 3.63) is 32.6 Å². The summed E-state index contributed by atoms with van der Waals surface area (Å²) in [7, 11) is -16.6. The van der Waals surface area contributed by atoms with Crippen LogP contribution < -0.4 is 17.0 Å². The number of rotatable bonds is 11. The lowest BCUT2D eigenvalue weighted by Crippen LogP contribution is -2.33. The molecule has 0 radical (unpaired) electrons. The standard InChI is InChI=1S/C15H24N3O14P3/c1-2-6-28-11-7-13(18-8-10(4-3-5-16)14(19)17-15(18)20)30-12(11)9-29-34(24,25)32-35(26,27)31-33(21,22)23/h8,11-13H,2,5-7,9,16H2,1H3,(H,24,25)(H,26,27)(H,17,19,20)(H2,21,22,23)/t11-,12?,13-/m1/s1. The number of hydrogen-bond acceptors (Lipinski definition) is 11. The van der Waals surface area contributed by atoms with E-state index in [2.05, 4.69) is 30.0 Å². The number of phosphoric ester groups is 1. The fourth-order valence-electron chi connectivity index (χ4n) is 2.87. The second kappa shape index (κ2) is 12.2. The maximum absolute atomic E-state index is 12.3. The summed E-state index contributed by atoms with van der Waals surface area (Å²) < 4.78 is 58.5. The third kappa shape index (κ3) is 9.49. The molecule has 1 aromatic heterocycles. The fourth-order valence-corrected chi connectivity index (χ4v) is 5.90. The summed E-state index contributed by atoms with van der Waals surface area (Å²) in [4.78, 5) is 62.4. The van der Waals surface area contributed by atoms with Gasteiger partial charge in [0.15, 0.2) is 0 Å². The van der Waals surface area contributed by atoms with Gasteiger partial charge >= 0.3 is 29.2 Å². The van der Waals surface area contributed by atoms with Gasteiger partial charge in [0.1, 0.15) is 17.9 Å². The van der Waals surface area contributed by atoms with E-state index in [1.807, 2.05) is 6.92 Å². The first kappa shape index (κ1) is 29.8. The number of ether oxygens (including phenoxy) is 2. The molecule has 2 rings (SSSR count). The number of nitrogens with two attached hydrogens (primary N) is 1. The van der Waals surface area contributed by atoms with Crippen molar-refractivity contribution in [2.24, 2.45) is 5.73 Å². The summed E-state index contributed by atoms with van der Waals surface area (Å²) in [6.45, 7) is 1.24. The summed E-state index contributed by atoms with van der Waals surface area (Å²) in [5.74, 6) is 4.99. The first-order valence-electron chi connectivity index (χ1n) is 9.76. The van der Waals surface area contributed by atoms with Crippen LogP contribution in [0.15, 0.2) is 15.8 Å². The van der Waals surface area contributed by atoms with Gasteiger partial charge in [-0.15, -0.1) is 0 Å². The molecule has 5 atom stereocenters. The maximum atomic E-state index is 12.3. The summed E-state index contributed by atoms with van der Waals surface area (Å²) in [5.41, 5.74) is 3.65. The van der Waals surface area contributed by atoms with E-state index in [1.165, 1.54) is 0 Å². The topological polar surface area (TPSA) is 259 Å². The van der Waals surface area contributed by atoms with Gasteiger partial charge in [-0.05, 0) is 6.42 Å². The summed E-state index contributed by atoms with van der Waals surface area (Å²) in [6.07, 6.45) is -1.19. The van der Waals surface area contributed by atoms with Crippen molar-refractivity contribution in [3.8, 4) is 11.8 Å². The number of phosphoric acid groups is 3. The predicted octanol–water partition coefficient (Wildman–Crippen LogP) is -0.727. The first-order chi connectivity index (χ1) is 16.2. The quantitative estimate of drug-likeness (QED) is 0.143. The average Bonchev–Trinajstić information content (AvgIpc) is 3.10. The zero-order chi connectivity index (χ0) is 26.4. The van der Waals surface area contributed by atoms with E-state index in [1.54, 1.807) is 0 Å². The Hall–Kier alpha value is -1.47. The molecule has 20 heteroatoms. The Balaban J connectivity index is 2.20. The zero-order valence-corrected chi connectivity index (χ0v) is 20.8. The molecule has 35 heavy (non-hydrogen) atoms. The Labute approximate surface area is 197 Å². The third-order valence-electron chi connectivity index (χ3n) is 4.14. The van der Waals surface area contributed by atoms with Crippen LogP contribution in [0.2, 0.25) is 0 Å². The van der Waals surface area contributed by atoms with Crippen LogP contribution in [0, 0.1) is 11.8 Å². The highest BCUT2D eigenvalue weighted by atomic mass is 31.3. The Bertz CT molecular complexity index is 1210. The molecule has 1 aromatic rings. The molecule has 1 fully saturated rings. The van der Waals surface area contributed by atoms with Crippen LogP contribution >= 0.6 is 23.5 Å². The minimum Gasteiger partial charge on any atom is -0.375 e. The van der Waals surface area contributed by atoms with Gasteiger partial charge in [0, 0.05) is 19.2 Å². The fraction of sp³-hybridized carbons (Fsp3) is 0.600. The second-order valence-electron chi connectivity index (χ2n) is 6.88. The third-order valence-corrected chi connectivity index (χ3v) is 7.94.